The maximum atomic E-state index is 5.56. The molecule has 100 valence electrons. The Kier molecular flexibility index (Phi) is 5.89. The predicted molar refractivity (Wildman–Crippen MR) is 83.5 cm³/mol. The van der Waals surface area contributed by atoms with E-state index in [9.17, 15) is 0 Å². The molecule has 2 aromatic carbocycles. The van der Waals surface area contributed by atoms with E-state index in [0.29, 0.717) is 6.61 Å². The summed E-state index contributed by atoms with van der Waals surface area (Å²) >= 11 is 6.92. The molecule has 0 radical (unpaired) electrons. The van der Waals surface area contributed by atoms with Crippen LogP contribution in [0.15, 0.2) is 53.0 Å². The highest BCUT2D eigenvalue weighted by molar-refractivity contribution is 9.10. The van der Waals surface area contributed by atoms with Gasteiger partial charge in [0.15, 0.2) is 6.79 Å². The summed E-state index contributed by atoms with van der Waals surface area (Å²) in [6.45, 7) is 0.806. The van der Waals surface area contributed by atoms with Crippen LogP contribution in [0.1, 0.15) is 11.1 Å². The second kappa shape index (κ2) is 7.68. The minimum Gasteiger partial charge on any atom is -0.468 e. The Morgan fingerprint density at radius 1 is 1.00 bits per heavy atom. The first-order valence-corrected chi connectivity index (χ1v) is 7.80. The van der Waals surface area contributed by atoms with Gasteiger partial charge < -0.3 is 9.47 Å². The lowest BCUT2D eigenvalue weighted by atomic mass is 10.2. The fourth-order valence-corrected chi connectivity index (χ4v) is 2.81. The lowest BCUT2D eigenvalue weighted by Crippen LogP contribution is -2.03. The lowest BCUT2D eigenvalue weighted by molar-refractivity contribution is 0.00501. The molecule has 0 spiro atoms. The van der Waals surface area contributed by atoms with E-state index < -0.39 is 0 Å². The molecule has 2 rings (SSSR count). The highest BCUT2D eigenvalue weighted by Crippen LogP contribution is 2.24. The molecule has 0 aliphatic carbocycles. The highest BCUT2D eigenvalue weighted by atomic mass is 79.9. The van der Waals surface area contributed by atoms with Crippen LogP contribution >= 0.6 is 31.9 Å². The molecule has 19 heavy (non-hydrogen) atoms. The Labute approximate surface area is 130 Å². The zero-order valence-electron chi connectivity index (χ0n) is 10.3. The maximum Gasteiger partial charge on any atom is 0.189 e. The molecule has 0 saturated heterocycles. The zero-order valence-corrected chi connectivity index (χ0v) is 13.5. The first kappa shape index (κ1) is 14.6. The molecule has 0 amide bonds. The van der Waals surface area contributed by atoms with Gasteiger partial charge in [-0.2, -0.15) is 0 Å². The van der Waals surface area contributed by atoms with Crippen molar-refractivity contribution in [3.63, 3.8) is 0 Å². The molecule has 0 N–H and O–H groups in total. The maximum absolute atomic E-state index is 5.56. The average Bonchev–Trinajstić information content (AvgIpc) is 2.46. The predicted octanol–water partition coefficient (Wildman–Crippen LogP) is 4.90. The number of ether oxygens (including phenoxy) is 2. The van der Waals surface area contributed by atoms with Crippen molar-refractivity contribution in [2.75, 3.05) is 6.79 Å². The molecule has 0 aliphatic rings. The summed E-state index contributed by atoms with van der Waals surface area (Å²) in [6.07, 6.45) is 0. The minimum atomic E-state index is 0.248. The van der Waals surface area contributed by atoms with Gasteiger partial charge in [-0.1, -0.05) is 62.2 Å². The van der Waals surface area contributed by atoms with Crippen LogP contribution in [0.2, 0.25) is 0 Å². The standard InChI is InChI=1S/C15H14Br2O2/c16-9-13-8-14(6-7-15(13)17)19-11-18-10-12-4-2-1-3-5-12/h1-8H,9-11H2. The van der Waals surface area contributed by atoms with E-state index in [-0.39, 0.29) is 6.79 Å². The summed E-state index contributed by atoms with van der Waals surface area (Å²) < 4.78 is 12.1. The van der Waals surface area contributed by atoms with Crippen molar-refractivity contribution in [1.82, 2.24) is 0 Å². The van der Waals surface area contributed by atoms with Gasteiger partial charge in [-0.15, -0.1) is 0 Å². The van der Waals surface area contributed by atoms with Gasteiger partial charge in [-0.25, -0.2) is 0 Å². The van der Waals surface area contributed by atoms with Crippen LogP contribution in [0.4, 0.5) is 0 Å². The van der Waals surface area contributed by atoms with E-state index in [2.05, 4.69) is 31.9 Å². The Morgan fingerprint density at radius 2 is 1.79 bits per heavy atom. The van der Waals surface area contributed by atoms with Crippen molar-refractivity contribution in [3.05, 3.63) is 64.1 Å². The van der Waals surface area contributed by atoms with Crippen LogP contribution in [0, 0.1) is 0 Å². The van der Waals surface area contributed by atoms with Crippen molar-refractivity contribution < 1.29 is 9.47 Å². The van der Waals surface area contributed by atoms with E-state index in [1.54, 1.807) is 0 Å². The second-order valence-electron chi connectivity index (χ2n) is 3.98. The summed E-state index contributed by atoms with van der Waals surface area (Å²) in [4.78, 5) is 0. The molecular formula is C15H14Br2O2. The van der Waals surface area contributed by atoms with E-state index in [4.69, 9.17) is 9.47 Å². The molecule has 0 saturated carbocycles. The van der Waals surface area contributed by atoms with Crippen LogP contribution in [0.5, 0.6) is 5.75 Å². The third-order valence-corrected chi connectivity index (χ3v) is 3.96. The van der Waals surface area contributed by atoms with Gasteiger partial charge in [-0.05, 0) is 29.3 Å². The molecule has 0 aromatic heterocycles. The Hall–Kier alpha value is -0.840. The quantitative estimate of drug-likeness (QED) is 0.400. The van der Waals surface area contributed by atoms with Gasteiger partial charge in [0.25, 0.3) is 0 Å². The molecule has 0 atom stereocenters. The van der Waals surface area contributed by atoms with Crippen molar-refractivity contribution in [1.29, 1.82) is 0 Å². The summed E-state index contributed by atoms with van der Waals surface area (Å²) in [6, 6.07) is 15.9. The summed E-state index contributed by atoms with van der Waals surface area (Å²) in [5.41, 5.74) is 2.30. The molecule has 0 unspecified atom stereocenters. The molecule has 0 bridgehead atoms. The number of rotatable bonds is 6. The third kappa shape index (κ3) is 4.64. The van der Waals surface area contributed by atoms with Gasteiger partial charge >= 0.3 is 0 Å². The number of halogens is 2. The van der Waals surface area contributed by atoms with Gasteiger partial charge in [0.1, 0.15) is 5.75 Å². The highest BCUT2D eigenvalue weighted by Gasteiger charge is 2.01. The molecule has 0 aliphatic heterocycles. The molecule has 0 fully saturated rings. The smallest absolute Gasteiger partial charge is 0.189 e. The van der Waals surface area contributed by atoms with Crippen molar-refractivity contribution in [3.8, 4) is 5.75 Å². The number of alkyl halides is 1. The zero-order chi connectivity index (χ0) is 13.5. The lowest BCUT2D eigenvalue weighted by Gasteiger charge is -2.09. The van der Waals surface area contributed by atoms with Crippen LogP contribution < -0.4 is 4.74 Å². The third-order valence-electron chi connectivity index (χ3n) is 2.58. The summed E-state index contributed by atoms with van der Waals surface area (Å²) in [5.74, 6) is 0.811. The normalized spacial score (nSPS) is 10.4. The van der Waals surface area contributed by atoms with Crippen LogP contribution in [0.3, 0.4) is 0 Å². The molecule has 2 aromatic rings. The summed E-state index contributed by atoms with van der Waals surface area (Å²) in [5, 5.41) is 0.787. The summed E-state index contributed by atoms with van der Waals surface area (Å²) in [7, 11) is 0. The van der Waals surface area contributed by atoms with Crippen molar-refractivity contribution in [2.24, 2.45) is 0 Å². The monoisotopic (exact) mass is 384 g/mol. The molecule has 0 heterocycles. The van der Waals surface area contributed by atoms with Gasteiger partial charge in [0.05, 0.1) is 6.61 Å². The fourth-order valence-electron chi connectivity index (χ4n) is 1.59. The largest absolute Gasteiger partial charge is 0.468 e. The molecular weight excluding hydrogens is 372 g/mol. The van der Waals surface area contributed by atoms with E-state index >= 15 is 0 Å². The van der Waals surface area contributed by atoms with Crippen LogP contribution in [0.25, 0.3) is 0 Å². The van der Waals surface area contributed by atoms with E-state index in [1.165, 1.54) is 0 Å². The van der Waals surface area contributed by atoms with Crippen LogP contribution in [-0.2, 0) is 16.7 Å². The number of hydrogen-bond donors (Lipinski definition) is 0. The average molecular weight is 386 g/mol. The SMILES string of the molecule is BrCc1cc(OCOCc2ccccc2)ccc1Br. The molecule has 4 heteroatoms. The van der Waals surface area contributed by atoms with Gasteiger partial charge in [0.2, 0.25) is 0 Å². The second-order valence-corrected chi connectivity index (χ2v) is 5.40. The Bertz CT molecular complexity index is 515. The number of hydrogen-bond acceptors (Lipinski definition) is 2. The topological polar surface area (TPSA) is 18.5 Å². The van der Waals surface area contributed by atoms with Gasteiger partial charge in [-0.3, -0.25) is 0 Å². The Morgan fingerprint density at radius 3 is 2.53 bits per heavy atom. The van der Waals surface area contributed by atoms with Crippen molar-refractivity contribution >= 4 is 31.9 Å². The van der Waals surface area contributed by atoms with Crippen LogP contribution in [-0.4, -0.2) is 6.79 Å². The Balaban J connectivity index is 1.80. The number of benzene rings is 2. The minimum absolute atomic E-state index is 0.248. The van der Waals surface area contributed by atoms with Gasteiger partial charge in [0, 0.05) is 9.80 Å². The first-order chi connectivity index (χ1) is 9.29. The first-order valence-electron chi connectivity index (χ1n) is 5.88. The van der Waals surface area contributed by atoms with Crippen molar-refractivity contribution in [2.45, 2.75) is 11.9 Å². The molecule has 2 nitrogen and oxygen atoms in total. The van der Waals surface area contributed by atoms with E-state index in [0.717, 1.165) is 26.7 Å². The fraction of sp³-hybridized carbons (Fsp3) is 0.200. The van der Waals surface area contributed by atoms with E-state index in [1.807, 2.05) is 48.5 Å².